The third-order valence-electron chi connectivity index (χ3n) is 4.80. The van der Waals surface area contributed by atoms with Gasteiger partial charge in [-0.15, -0.1) is 0 Å². The molecule has 4 nitrogen and oxygen atoms in total. The molecule has 4 heteroatoms. The van der Waals surface area contributed by atoms with E-state index < -0.39 is 0 Å². The zero-order valence-electron chi connectivity index (χ0n) is 12.1. The topological polar surface area (TPSA) is 57.8 Å². The molecule has 2 aliphatic carbocycles. The standard InChI is InChI=1S/C17H19N3O/c1-10-19-15-5-4-13(8-16(15)20-10)17(21)18-9-14-7-11-2-3-12(14)6-11/h2-5,8,11-12,14H,6-7,9H2,1H3,(H,18,21)(H,19,20)/t11-,12-,14-/m0/s1. The van der Waals surface area contributed by atoms with Gasteiger partial charge in [-0.25, -0.2) is 4.98 Å². The van der Waals surface area contributed by atoms with Crippen molar-refractivity contribution in [1.82, 2.24) is 15.3 Å². The highest BCUT2D eigenvalue weighted by atomic mass is 16.1. The van der Waals surface area contributed by atoms with Crippen LogP contribution in [0.15, 0.2) is 30.4 Å². The second kappa shape index (κ2) is 4.72. The number of hydrogen-bond donors (Lipinski definition) is 2. The van der Waals surface area contributed by atoms with Gasteiger partial charge in [-0.3, -0.25) is 4.79 Å². The van der Waals surface area contributed by atoms with E-state index in [0.29, 0.717) is 17.4 Å². The van der Waals surface area contributed by atoms with Gasteiger partial charge in [-0.1, -0.05) is 12.2 Å². The molecule has 2 bridgehead atoms. The first-order valence-electron chi connectivity index (χ1n) is 7.62. The minimum Gasteiger partial charge on any atom is -0.352 e. The van der Waals surface area contributed by atoms with Crippen molar-refractivity contribution in [2.75, 3.05) is 6.54 Å². The lowest BCUT2D eigenvalue weighted by Gasteiger charge is -2.18. The summed E-state index contributed by atoms with van der Waals surface area (Å²) in [4.78, 5) is 19.8. The molecule has 3 atom stereocenters. The lowest BCUT2D eigenvalue weighted by atomic mass is 9.93. The molecule has 21 heavy (non-hydrogen) atoms. The number of hydrogen-bond acceptors (Lipinski definition) is 2. The van der Waals surface area contributed by atoms with E-state index in [-0.39, 0.29) is 5.91 Å². The maximum Gasteiger partial charge on any atom is 0.251 e. The van der Waals surface area contributed by atoms with Crippen LogP contribution in [0.1, 0.15) is 29.0 Å². The number of amides is 1. The third-order valence-corrected chi connectivity index (χ3v) is 4.80. The third kappa shape index (κ3) is 2.24. The van der Waals surface area contributed by atoms with Crippen LogP contribution < -0.4 is 5.32 Å². The van der Waals surface area contributed by atoms with E-state index in [1.165, 1.54) is 12.8 Å². The summed E-state index contributed by atoms with van der Waals surface area (Å²) in [7, 11) is 0. The number of aromatic nitrogens is 2. The van der Waals surface area contributed by atoms with Gasteiger partial charge in [0, 0.05) is 12.1 Å². The van der Waals surface area contributed by atoms with E-state index >= 15 is 0 Å². The van der Waals surface area contributed by atoms with Crippen molar-refractivity contribution < 1.29 is 4.79 Å². The van der Waals surface area contributed by atoms with Gasteiger partial charge in [0.1, 0.15) is 5.82 Å². The van der Waals surface area contributed by atoms with Crippen molar-refractivity contribution in [3.8, 4) is 0 Å². The summed E-state index contributed by atoms with van der Waals surface area (Å²) in [5.41, 5.74) is 2.52. The lowest BCUT2D eigenvalue weighted by molar-refractivity contribution is 0.0945. The maximum absolute atomic E-state index is 12.3. The van der Waals surface area contributed by atoms with Crippen molar-refractivity contribution in [1.29, 1.82) is 0 Å². The highest BCUT2D eigenvalue weighted by Crippen LogP contribution is 2.42. The fourth-order valence-electron chi connectivity index (χ4n) is 3.73. The van der Waals surface area contributed by atoms with Crippen molar-refractivity contribution >= 4 is 16.9 Å². The molecule has 1 heterocycles. The fraction of sp³-hybridized carbons (Fsp3) is 0.412. The van der Waals surface area contributed by atoms with Crippen LogP contribution in [-0.2, 0) is 0 Å². The van der Waals surface area contributed by atoms with E-state index in [2.05, 4.69) is 27.4 Å². The first-order chi connectivity index (χ1) is 10.2. The fourth-order valence-corrected chi connectivity index (χ4v) is 3.73. The molecule has 0 saturated heterocycles. The summed E-state index contributed by atoms with van der Waals surface area (Å²) in [6.45, 7) is 2.70. The Hall–Kier alpha value is -2.10. The summed E-state index contributed by atoms with van der Waals surface area (Å²) >= 11 is 0. The van der Waals surface area contributed by atoms with Gasteiger partial charge in [0.25, 0.3) is 5.91 Å². The molecule has 0 spiro atoms. The molecule has 1 aromatic heterocycles. The number of benzene rings is 1. The van der Waals surface area contributed by atoms with E-state index in [1.807, 2.05) is 25.1 Å². The summed E-state index contributed by atoms with van der Waals surface area (Å²) in [5.74, 6) is 2.92. The van der Waals surface area contributed by atoms with E-state index in [4.69, 9.17) is 0 Å². The Bertz CT molecular complexity index is 731. The van der Waals surface area contributed by atoms with Gasteiger partial charge in [-0.05, 0) is 55.7 Å². The predicted octanol–water partition coefficient (Wildman–Crippen LogP) is 2.81. The van der Waals surface area contributed by atoms with Gasteiger partial charge in [0.2, 0.25) is 0 Å². The summed E-state index contributed by atoms with van der Waals surface area (Å²) in [5, 5.41) is 3.09. The Morgan fingerprint density at radius 3 is 3.05 bits per heavy atom. The molecule has 4 rings (SSSR count). The number of carbonyl (C=O) groups excluding carboxylic acids is 1. The first-order valence-corrected chi connectivity index (χ1v) is 7.62. The second-order valence-electron chi connectivity index (χ2n) is 6.30. The van der Waals surface area contributed by atoms with Crippen LogP contribution in [0.5, 0.6) is 0 Å². The van der Waals surface area contributed by atoms with E-state index in [1.54, 1.807) is 0 Å². The molecule has 1 aromatic carbocycles. The predicted molar refractivity (Wildman–Crippen MR) is 82.0 cm³/mol. The molecule has 1 fully saturated rings. The van der Waals surface area contributed by atoms with Crippen LogP contribution in [0.3, 0.4) is 0 Å². The normalized spacial score (nSPS) is 26.6. The lowest BCUT2D eigenvalue weighted by Crippen LogP contribution is -2.30. The van der Waals surface area contributed by atoms with Gasteiger partial charge in [-0.2, -0.15) is 0 Å². The minimum atomic E-state index is 0.0101. The van der Waals surface area contributed by atoms with Crippen LogP contribution >= 0.6 is 0 Å². The monoisotopic (exact) mass is 281 g/mol. The average molecular weight is 281 g/mol. The molecular formula is C17H19N3O. The number of aromatic amines is 1. The quantitative estimate of drug-likeness (QED) is 0.850. The number of rotatable bonds is 3. The van der Waals surface area contributed by atoms with Crippen molar-refractivity contribution in [3.63, 3.8) is 0 Å². The van der Waals surface area contributed by atoms with Crippen LogP contribution in [0.2, 0.25) is 0 Å². The van der Waals surface area contributed by atoms with Gasteiger partial charge in [0.05, 0.1) is 11.0 Å². The van der Waals surface area contributed by atoms with Crippen LogP contribution in [0, 0.1) is 24.7 Å². The Morgan fingerprint density at radius 1 is 1.38 bits per heavy atom. The van der Waals surface area contributed by atoms with Crippen LogP contribution in [0.25, 0.3) is 11.0 Å². The van der Waals surface area contributed by atoms with Crippen LogP contribution in [-0.4, -0.2) is 22.4 Å². The first kappa shape index (κ1) is 12.6. The van der Waals surface area contributed by atoms with E-state index in [9.17, 15) is 4.79 Å². The summed E-state index contributed by atoms with van der Waals surface area (Å²) < 4.78 is 0. The van der Waals surface area contributed by atoms with Crippen molar-refractivity contribution in [3.05, 3.63) is 41.7 Å². The number of carbonyl (C=O) groups is 1. The summed E-state index contributed by atoms with van der Waals surface area (Å²) in [6, 6.07) is 5.62. The zero-order valence-corrected chi connectivity index (χ0v) is 12.1. The number of fused-ring (bicyclic) bond motifs is 3. The average Bonchev–Trinajstić information content (AvgIpc) is 3.17. The number of aryl methyl sites for hydroxylation is 1. The Balaban J connectivity index is 1.45. The molecular weight excluding hydrogens is 262 g/mol. The van der Waals surface area contributed by atoms with E-state index in [0.717, 1.165) is 29.3 Å². The molecule has 0 radical (unpaired) electrons. The van der Waals surface area contributed by atoms with Crippen molar-refractivity contribution in [2.24, 2.45) is 17.8 Å². The van der Waals surface area contributed by atoms with Gasteiger partial charge < -0.3 is 10.3 Å². The smallest absolute Gasteiger partial charge is 0.251 e. The Kier molecular flexibility index (Phi) is 2.84. The Labute approximate surface area is 123 Å². The molecule has 108 valence electrons. The zero-order chi connectivity index (χ0) is 14.4. The summed E-state index contributed by atoms with van der Waals surface area (Å²) in [6.07, 6.45) is 7.15. The highest BCUT2D eigenvalue weighted by molar-refractivity contribution is 5.97. The number of imidazole rings is 1. The second-order valence-corrected chi connectivity index (χ2v) is 6.30. The molecule has 2 N–H and O–H groups in total. The molecule has 1 amide bonds. The number of nitrogens with one attached hydrogen (secondary N) is 2. The number of H-pyrrole nitrogens is 1. The number of allylic oxidation sites excluding steroid dienone is 2. The van der Waals surface area contributed by atoms with Crippen LogP contribution in [0.4, 0.5) is 0 Å². The minimum absolute atomic E-state index is 0.0101. The molecule has 0 aliphatic heterocycles. The Morgan fingerprint density at radius 2 is 2.29 bits per heavy atom. The van der Waals surface area contributed by atoms with Gasteiger partial charge in [0.15, 0.2) is 0 Å². The van der Waals surface area contributed by atoms with Crippen molar-refractivity contribution in [2.45, 2.75) is 19.8 Å². The highest BCUT2D eigenvalue weighted by Gasteiger charge is 2.35. The molecule has 1 saturated carbocycles. The molecule has 2 aromatic rings. The number of nitrogens with zero attached hydrogens (tertiary/aromatic N) is 1. The maximum atomic E-state index is 12.3. The van der Waals surface area contributed by atoms with Gasteiger partial charge >= 0.3 is 0 Å². The molecule has 0 unspecified atom stereocenters. The SMILES string of the molecule is Cc1nc2ccc(C(=O)NC[C@@H]3C[C@H]4C=C[C@H]3C4)cc2[nH]1. The molecule has 2 aliphatic rings. The largest absolute Gasteiger partial charge is 0.352 e.